The molecule has 1 aromatic heterocycles. The zero-order chi connectivity index (χ0) is 14.0. The van der Waals surface area contributed by atoms with Gasteiger partial charge in [-0.05, 0) is 18.6 Å². The van der Waals surface area contributed by atoms with E-state index < -0.39 is 0 Å². The molecule has 0 aliphatic carbocycles. The Hall–Kier alpha value is -0.810. The zero-order valence-corrected chi connectivity index (χ0v) is 12.6. The van der Waals surface area contributed by atoms with Gasteiger partial charge in [-0.2, -0.15) is 4.98 Å². The molecule has 4 nitrogen and oxygen atoms in total. The summed E-state index contributed by atoms with van der Waals surface area (Å²) in [5.41, 5.74) is 0.872. The minimum Gasteiger partial charge on any atom is -0.340 e. The number of aryl methyl sites for hydroxylation is 1. The molecule has 0 saturated carbocycles. The van der Waals surface area contributed by atoms with Crippen LogP contribution in [0, 0.1) is 6.92 Å². The fourth-order valence-electron chi connectivity index (χ4n) is 1.64. The Balaban J connectivity index is 2.08. The lowest BCUT2D eigenvalue weighted by Crippen LogP contribution is -2.19. The van der Waals surface area contributed by atoms with Crippen molar-refractivity contribution in [2.24, 2.45) is 0 Å². The molecule has 2 aromatic rings. The molecule has 0 saturated heterocycles. The molecule has 0 aliphatic rings. The van der Waals surface area contributed by atoms with Crippen molar-refractivity contribution in [3.8, 4) is 0 Å². The van der Waals surface area contributed by atoms with Gasteiger partial charge >= 0.3 is 0 Å². The second-order valence-corrected chi connectivity index (χ2v) is 5.26. The molecule has 0 spiro atoms. The molecule has 1 N–H and O–H groups in total. The van der Waals surface area contributed by atoms with E-state index >= 15 is 0 Å². The van der Waals surface area contributed by atoms with Crippen LogP contribution in [-0.4, -0.2) is 10.1 Å². The third-order valence-corrected chi connectivity index (χ3v) is 3.98. The maximum atomic E-state index is 6.17. The van der Waals surface area contributed by atoms with Crippen LogP contribution < -0.4 is 5.32 Å². The molecule has 0 radical (unpaired) electrons. The van der Waals surface area contributed by atoms with Gasteiger partial charge < -0.3 is 9.84 Å². The summed E-state index contributed by atoms with van der Waals surface area (Å²) in [6, 6.07) is 3.55. The van der Waals surface area contributed by atoms with Gasteiger partial charge in [-0.1, -0.05) is 46.0 Å². The predicted molar refractivity (Wildman–Crippen MR) is 75.8 cm³/mol. The van der Waals surface area contributed by atoms with Gasteiger partial charge in [0, 0.05) is 13.0 Å². The quantitative estimate of drug-likeness (QED) is 0.858. The second kappa shape index (κ2) is 6.09. The lowest BCUT2D eigenvalue weighted by molar-refractivity contribution is 0.384. The minimum atomic E-state index is -0.0129. The molecule has 2 rings (SSSR count). The van der Waals surface area contributed by atoms with Crippen LogP contribution in [0.15, 0.2) is 16.7 Å². The van der Waals surface area contributed by atoms with Crippen molar-refractivity contribution >= 4 is 34.8 Å². The van der Waals surface area contributed by atoms with E-state index in [0.29, 0.717) is 33.3 Å². The summed E-state index contributed by atoms with van der Waals surface area (Å²) in [4.78, 5) is 4.11. The summed E-state index contributed by atoms with van der Waals surface area (Å²) >= 11 is 18.1. The van der Waals surface area contributed by atoms with Gasteiger partial charge in [0.15, 0.2) is 5.82 Å². The first-order valence-electron chi connectivity index (χ1n) is 5.65. The van der Waals surface area contributed by atoms with Gasteiger partial charge in [0.25, 0.3) is 0 Å². The van der Waals surface area contributed by atoms with Crippen LogP contribution in [0.2, 0.25) is 15.1 Å². The molecule has 0 amide bonds. The van der Waals surface area contributed by atoms with E-state index in [4.69, 9.17) is 39.3 Å². The Labute approximate surface area is 126 Å². The summed E-state index contributed by atoms with van der Waals surface area (Å²) in [7, 11) is 0. The molecule has 0 bridgehead atoms. The van der Waals surface area contributed by atoms with Crippen LogP contribution in [0.1, 0.15) is 30.2 Å². The highest BCUT2D eigenvalue weighted by Crippen LogP contribution is 2.35. The number of rotatable bonds is 4. The number of benzene rings is 1. The number of nitrogens with one attached hydrogen (secondary N) is 1. The van der Waals surface area contributed by atoms with Crippen LogP contribution in [0.3, 0.4) is 0 Å². The van der Waals surface area contributed by atoms with E-state index in [1.54, 1.807) is 13.0 Å². The SMILES string of the molecule is Cc1nc(CNC(C)c2ccc(Cl)c(Cl)c2Cl)no1. The van der Waals surface area contributed by atoms with Crippen molar-refractivity contribution in [2.45, 2.75) is 26.4 Å². The van der Waals surface area contributed by atoms with E-state index in [2.05, 4.69) is 15.5 Å². The standard InChI is InChI=1S/C12H12Cl3N3O/c1-6(16-5-10-17-7(2)19-18-10)8-3-4-9(13)12(15)11(8)14/h3-4,6,16H,5H2,1-2H3. The highest BCUT2D eigenvalue weighted by molar-refractivity contribution is 6.48. The highest BCUT2D eigenvalue weighted by Gasteiger charge is 2.14. The van der Waals surface area contributed by atoms with Crippen molar-refractivity contribution in [3.05, 3.63) is 44.5 Å². The van der Waals surface area contributed by atoms with E-state index in [-0.39, 0.29) is 6.04 Å². The fraction of sp³-hybridized carbons (Fsp3) is 0.333. The lowest BCUT2D eigenvalue weighted by Gasteiger charge is -2.15. The molecule has 1 heterocycles. The molecular weight excluding hydrogens is 309 g/mol. The van der Waals surface area contributed by atoms with Crippen LogP contribution >= 0.6 is 34.8 Å². The number of hydrogen-bond acceptors (Lipinski definition) is 4. The topological polar surface area (TPSA) is 51.0 Å². The molecular formula is C12H12Cl3N3O. The highest BCUT2D eigenvalue weighted by atomic mass is 35.5. The number of hydrogen-bond donors (Lipinski definition) is 1. The van der Waals surface area contributed by atoms with Crippen molar-refractivity contribution < 1.29 is 4.52 Å². The Morgan fingerprint density at radius 1 is 1.26 bits per heavy atom. The van der Waals surface area contributed by atoms with Gasteiger partial charge in [0.1, 0.15) is 0 Å². The summed E-state index contributed by atoms with van der Waals surface area (Å²) in [6.45, 7) is 4.20. The fourth-order valence-corrected chi connectivity index (χ4v) is 2.35. The first-order chi connectivity index (χ1) is 8.99. The number of aromatic nitrogens is 2. The normalized spacial score (nSPS) is 12.7. The molecule has 1 unspecified atom stereocenters. The van der Waals surface area contributed by atoms with Crippen molar-refractivity contribution in [2.75, 3.05) is 0 Å². The maximum absolute atomic E-state index is 6.17. The van der Waals surface area contributed by atoms with Crippen molar-refractivity contribution in [1.29, 1.82) is 0 Å². The van der Waals surface area contributed by atoms with Gasteiger partial charge in [-0.3, -0.25) is 0 Å². The van der Waals surface area contributed by atoms with Crippen molar-refractivity contribution in [1.82, 2.24) is 15.5 Å². The Morgan fingerprint density at radius 3 is 2.63 bits per heavy atom. The van der Waals surface area contributed by atoms with Gasteiger partial charge in [0.05, 0.1) is 21.6 Å². The zero-order valence-electron chi connectivity index (χ0n) is 10.4. The third kappa shape index (κ3) is 3.39. The smallest absolute Gasteiger partial charge is 0.223 e. The average molecular weight is 321 g/mol. The molecule has 0 aliphatic heterocycles. The molecule has 19 heavy (non-hydrogen) atoms. The Kier molecular flexibility index (Phi) is 4.68. The van der Waals surface area contributed by atoms with Gasteiger partial charge in [-0.25, -0.2) is 0 Å². The predicted octanol–water partition coefficient (Wildman–Crippen LogP) is 4.19. The van der Waals surface area contributed by atoms with E-state index in [1.807, 2.05) is 13.0 Å². The van der Waals surface area contributed by atoms with E-state index in [1.165, 1.54) is 0 Å². The average Bonchev–Trinajstić information content (AvgIpc) is 2.79. The Bertz CT molecular complexity index is 586. The maximum Gasteiger partial charge on any atom is 0.223 e. The monoisotopic (exact) mass is 319 g/mol. The van der Waals surface area contributed by atoms with Gasteiger partial charge in [-0.15, -0.1) is 0 Å². The third-order valence-electron chi connectivity index (χ3n) is 2.67. The summed E-state index contributed by atoms with van der Waals surface area (Å²) in [6.07, 6.45) is 0. The lowest BCUT2D eigenvalue weighted by atomic mass is 10.1. The summed E-state index contributed by atoms with van der Waals surface area (Å²) in [5, 5.41) is 8.32. The largest absolute Gasteiger partial charge is 0.340 e. The molecule has 1 aromatic carbocycles. The van der Waals surface area contributed by atoms with Crippen LogP contribution in [0.4, 0.5) is 0 Å². The van der Waals surface area contributed by atoms with Crippen LogP contribution in [-0.2, 0) is 6.54 Å². The second-order valence-electron chi connectivity index (χ2n) is 4.10. The number of nitrogens with zero attached hydrogens (tertiary/aromatic N) is 2. The summed E-state index contributed by atoms with van der Waals surface area (Å²) < 4.78 is 4.90. The Morgan fingerprint density at radius 2 is 2.00 bits per heavy atom. The van der Waals surface area contributed by atoms with Crippen LogP contribution in [0.5, 0.6) is 0 Å². The molecule has 102 valence electrons. The molecule has 1 atom stereocenters. The van der Waals surface area contributed by atoms with Crippen molar-refractivity contribution in [3.63, 3.8) is 0 Å². The van der Waals surface area contributed by atoms with Gasteiger partial charge in [0.2, 0.25) is 5.89 Å². The first-order valence-corrected chi connectivity index (χ1v) is 6.78. The molecule has 0 fully saturated rings. The van der Waals surface area contributed by atoms with E-state index in [0.717, 1.165) is 5.56 Å². The summed E-state index contributed by atoms with van der Waals surface area (Å²) in [5.74, 6) is 1.14. The minimum absolute atomic E-state index is 0.0129. The first kappa shape index (κ1) is 14.6. The molecule has 7 heteroatoms. The van der Waals surface area contributed by atoms with Crippen LogP contribution in [0.25, 0.3) is 0 Å². The number of halogens is 3. The van der Waals surface area contributed by atoms with E-state index in [9.17, 15) is 0 Å².